The SMILES string of the molecule is CCOC(=O)c1cn(C2CC2)c2cc(N3CCN(CC)CC3)c(NC=C(C#N)C#N)cc2c1=O. The standard InChI is InChI=1S/C25H28N6O3/c1-3-29-7-9-30(10-8-29)23-12-22-19(11-21(23)28-15-17(13-26)14-27)24(32)20(25(33)34-4-2)16-31(22)18-5-6-18/h11-12,15-16,18,28H,3-10H2,1-2H3. The average Bonchev–Trinajstić information content (AvgIpc) is 3.70. The van der Waals surface area contributed by atoms with E-state index in [0.29, 0.717) is 11.1 Å². The van der Waals surface area contributed by atoms with Crippen molar-refractivity contribution in [1.82, 2.24) is 9.47 Å². The molecular weight excluding hydrogens is 432 g/mol. The van der Waals surface area contributed by atoms with Crippen LogP contribution in [0.3, 0.4) is 0 Å². The molecule has 2 aliphatic rings. The van der Waals surface area contributed by atoms with Crippen LogP contribution < -0.4 is 15.6 Å². The van der Waals surface area contributed by atoms with Crippen molar-refractivity contribution in [2.24, 2.45) is 0 Å². The molecule has 1 aliphatic carbocycles. The number of carbonyl (C=O) groups excluding carboxylic acids is 1. The van der Waals surface area contributed by atoms with Gasteiger partial charge in [0, 0.05) is 50.0 Å². The summed E-state index contributed by atoms with van der Waals surface area (Å²) < 4.78 is 7.15. The Morgan fingerprint density at radius 3 is 2.47 bits per heavy atom. The molecule has 0 radical (unpaired) electrons. The molecule has 1 saturated heterocycles. The lowest BCUT2D eigenvalue weighted by molar-refractivity contribution is 0.0524. The Kier molecular flexibility index (Phi) is 6.85. The van der Waals surface area contributed by atoms with E-state index in [-0.39, 0.29) is 29.2 Å². The van der Waals surface area contributed by atoms with Gasteiger partial charge < -0.3 is 24.4 Å². The molecule has 0 unspecified atom stereocenters. The zero-order valence-electron chi connectivity index (χ0n) is 19.5. The largest absolute Gasteiger partial charge is 0.462 e. The van der Waals surface area contributed by atoms with Gasteiger partial charge in [-0.2, -0.15) is 10.5 Å². The molecule has 1 saturated carbocycles. The second-order valence-corrected chi connectivity index (χ2v) is 8.46. The quantitative estimate of drug-likeness (QED) is 0.495. The van der Waals surface area contributed by atoms with Crippen LogP contribution in [0.2, 0.25) is 0 Å². The van der Waals surface area contributed by atoms with E-state index >= 15 is 0 Å². The third-order valence-corrected chi connectivity index (χ3v) is 6.36. The van der Waals surface area contributed by atoms with Gasteiger partial charge in [-0.25, -0.2) is 4.79 Å². The van der Waals surface area contributed by atoms with E-state index in [0.717, 1.165) is 56.8 Å². The maximum absolute atomic E-state index is 13.3. The van der Waals surface area contributed by atoms with Crippen LogP contribution in [0.25, 0.3) is 10.9 Å². The predicted octanol–water partition coefficient (Wildman–Crippen LogP) is 3.00. The highest BCUT2D eigenvalue weighted by atomic mass is 16.5. The fraction of sp³-hybridized carbons (Fsp3) is 0.440. The summed E-state index contributed by atoms with van der Waals surface area (Å²) in [6.07, 6.45) is 4.96. The number of nitrogens with one attached hydrogen (secondary N) is 1. The molecule has 1 aliphatic heterocycles. The molecule has 0 atom stereocenters. The molecule has 9 heteroatoms. The highest BCUT2D eigenvalue weighted by molar-refractivity contribution is 5.97. The van der Waals surface area contributed by atoms with Gasteiger partial charge in [0.15, 0.2) is 0 Å². The molecule has 2 heterocycles. The number of hydrogen-bond acceptors (Lipinski definition) is 8. The minimum absolute atomic E-state index is 0.0155. The van der Waals surface area contributed by atoms with Gasteiger partial charge in [0.2, 0.25) is 5.43 Å². The van der Waals surface area contributed by atoms with E-state index in [1.807, 2.05) is 22.8 Å². The van der Waals surface area contributed by atoms with Gasteiger partial charge in [0.1, 0.15) is 23.3 Å². The fourth-order valence-corrected chi connectivity index (χ4v) is 4.32. The third kappa shape index (κ3) is 4.61. The lowest BCUT2D eigenvalue weighted by Crippen LogP contribution is -2.46. The Labute approximate surface area is 198 Å². The molecule has 9 nitrogen and oxygen atoms in total. The van der Waals surface area contributed by atoms with E-state index < -0.39 is 5.97 Å². The minimum atomic E-state index is -0.630. The normalized spacial score (nSPS) is 15.9. The lowest BCUT2D eigenvalue weighted by atomic mass is 10.1. The van der Waals surface area contributed by atoms with Crippen LogP contribution in [0.5, 0.6) is 0 Å². The number of nitriles is 2. The Hall–Kier alpha value is -3.82. The Balaban J connectivity index is 1.88. The molecule has 176 valence electrons. The van der Waals surface area contributed by atoms with Crippen molar-refractivity contribution in [2.75, 3.05) is 49.5 Å². The number of carbonyl (C=O) groups is 1. The van der Waals surface area contributed by atoms with Crippen LogP contribution in [0, 0.1) is 22.7 Å². The number of ether oxygens (including phenoxy) is 1. The van der Waals surface area contributed by atoms with E-state index in [9.17, 15) is 9.59 Å². The molecule has 34 heavy (non-hydrogen) atoms. The fourth-order valence-electron chi connectivity index (χ4n) is 4.32. The van der Waals surface area contributed by atoms with E-state index in [2.05, 4.69) is 22.0 Å². The lowest BCUT2D eigenvalue weighted by Gasteiger charge is -2.36. The number of likely N-dealkylation sites (N-methyl/N-ethyl adjacent to an activating group) is 1. The number of piperazine rings is 1. The van der Waals surface area contributed by atoms with E-state index in [1.165, 1.54) is 6.20 Å². The summed E-state index contributed by atoms with van der Waals surface area (Å²) >= 11 is 0. The number of aromatic nitrogens is 1. The highest BCUT2D eigenvalue weighted by Crippen LogP contribution is 2.39. The van der Waals surface area contributed by atoms with Crippen molar-refractivity contribution >= 4 is 28.2 Å². The Bertz CT molecular complexity index is 1250. The second kappa shape index (κ2) is 9.98. The van der Waals surface area contributed by atoms with Crippen molar-refractivity contribution in [3.63, 3.8) is 0 Å². The summed E-state index contributed by atoms with van der Waals surface area (Å²) in [5, 5.41) is 21.8. The Morgan fingerprint density at radius 1 is 1.18 bits per heavy atom. The predicted molar refractivity (Wildman–Crippen MR) is 130 cm³/mol. The van der Waals surface area contributed by atoms with Crippen LogP contribution in [0.1, 0.15) is 43.1 Å². The number of nitrogens with zero attached hydrogens (tertiary/aromatic N) is 5. The van der Waals surface area contributed by atoms with Crippen molar-refractivity contribution in [1.29, 1.82) is 10.5 Å². The first-order chi connectivity index (χ1) is 16.5. The first kappa shape index (κ1) is 23.3. The summed E-state index contributed by atoms with van der Waals surface area (Å²) in [6, 6.07) is 7.64. The number of anilines is 2. The average molecular weight is 461 g/mol. The molecule has 0 bridgehead atoms. The zero-order chi connectivity index (χ0) is 24.2. The summed E-state index contributed by atoms with van der Waals surface area (Å²) in [5.74, 6) is -0.630. The van der Waals surface area contributed by atoms with E-state index in [4.69, 9.17) is 15.3 Å². The molecule has 0 spiro atoms. The minimum Gasteiger partial charge on any atom is -0.462 e. The first-order valence-electron chi connectivity index (χ1n) is 11.6. The van der Waals surface area contributed by atoms with Crippen LogP contribution in [-0.2, 0) is 4.74 Å². The molecular formula is C25H28N6O3. The van der Waals surface area contributed by atoms with Gasteiger partial charge in [-0.15, -0.1) is 0 Å². The van der Waals surface area contributed by atoms with Gasteiger partial charge in [-0.05, 0) is 38.4 Å². The van der Waals surface area contributed by atoms with Crippen molar-refractivity contribution in [3.05, 3.63) is 45.9 Å². The van der Waals surface area contributed by atoms with Crippen LogP contribution in [-0.4, -0.2) is 54.8 Å². The molecule has 0 amide bonds. The summed E-state index contributed by atoms with van der Waals surface area (Å²) in [7, 11) is 0. The maximum atomic E-state index is 13.3. The third-order valence-electron chi connectivity index (χ3n) is 6.36. The number of benzene rings is 1. The zero-order valence-corrected chi connectivity index (χ0v) is 19.5. The van der Waals surface area contributed by atoms with Gasteiger partial charge in [-0.1, -0.05) is 6.92 Å². The van der Waals surface area contributed by atoms with Crippen LogP contribution in [0.4, 0.5) is 11.4 Å². The van der Waals surface area contributed by atoms with Crippen molar-refractivity contribution in [3.8, 4) is 12.1 Å². The van der Waals surface area contributed by atoms with Gasteiger partial charge in [0.05, 0.1) is 23.5 Å². The second-order valence-electron chi connectivity index (χ2n) is 8.46. The van der Waals surface area contributed by atoms with Gasteiger partial charge in [-0.3, -0.25) is 4.79 Å². The van der Waals surface area contributed by atoms with Crippen molar-refractivity contribution in [2.45, 2.75) is 32.7 Å². The topological polar surface area (TPSA) is 114 Å². The number of fused-ring (bicyclic) bond motifs is 1. The van der Waals surface area contributed by atoms with Gasteiger partial charge in [0.25, 0.3) is 0 Å². The number of rotatable bonds is 7. The highest BCUT2D eigenvalue weighted by Gasteiger charge is 2.28. The van der Waals surface area contributed by atoms with Crippen LogP contribution >= 0.6 is 0 Å². The van der Waals surface area contributed by atoms with Crippen LogP contribution in [0.15, 0.2) is 34.9 Å². The van der Waals surface area contributed by atoms with E-state index in [1.54, 1.807) is 19.2 Å². The summed E-state index contributed by atoms with van der Waals surface area (Å²) in [6.45, 7) is 8.50. The number of allylic oxidation sites excluding steroid dienone is 1. The summed E-state index contributed by atoms with van der Waals surface area (Å²) in [5.41, 5.74) is 1.83. The number of esters is 1. The summed E-state index contributed by atoms with van der Waals surface area (Å²) in [4.78, 5) is 30.5. The van der Waals surface area contributed by atoms with Gasteiger partial charge >= 0.3 is 5.97 Å². The number of pyridine rings is 1. The Morgan fingerprint density at radius 2 is 1.88 bits per heavy atom. The monoisotopic (exact) mass is 460 g/mol. The molecule has 1 aromatic carbocycles. The smallest absolute Gasteiger partial charge is 0.343 e. The first-order valence-corrected chi connectivity index (χ1v) is 11.6. The maximum Gasteiger partial charge on any atom is 0.343 e. The molecule has 4 rings (SSSR count). The molecule has 1 aromatic heterocycles. The number of hydrogen-bond donors (Lipinski definition) is 1. The molecule has 2 aromatic rings. The molecule has 2 fully saturated rings. The van der Waals surface area contributed by atoms with Crippen molar-refractivity contribution < 1.29 is 9.53 Å². The molecule has 1 N–H and O–H groups in total.